The number of hydrogen-bond acceptors (Lipinski definition) is 2. The summed E-state index contributed by atoms with van der Waals surface area (Å²) in [5, 5.41) is 4.78. The maximum absolute atomic E-state index is 6.34. The molecule has 0 aliphatic carbocycles. The van der Waals surface area contributed by atoms with Crippen molar-refractivity contribution in [3.63, 3.8) is 0 Å². The lowest BCUT2D eigenvalue weighted by molar-refractivity contribution is 0.340. The molecule has 0 radical (unpaired) electrons. The maximum Gasteiger partial charge on any atom is 0.119 e. The van der Waals surface area contributed by atoms with Gasteiger partial charge in [0.1, 0.15) is 5.75 Å². The zero-order valence-electron chi connectivity index (χ0n) is 12.2. The summed E-state index contributed by atoms with van der Waals surface area (Å²) in [5.74, 6) is 0.863. The molecule has 4 heteroatoms. The molecule has 112 valence electrons. The van der Waals surface area contributed by atoms with Gasteiger partial charge in [-0.2, -0.15) is 0 Å². The van der Waals surface area contributed by atoms with Gasteiger partial charge in [-0.3, -0.25) is 0 Å². The highest BCUT2D eigenvalue weighted by Gasteiger charge is 2.19. The first-order chi connectivity index (χ1) is 10.2. The van der Waals surface area contributed by atoms with Crippen LogP contribution in [-0.2, 0) is 0 Å². The van der Waals surface area contributed by atoms with Gasteiger partial charge in [0.05, 0.1) is 12.6 Å². The second kappa shape index (κ2) is 7.69. The molecule has 0 bridgehead atoms. The van der Waals surface area contributed by atoms with Crippen LogP contribution >= 0.6 is 23.2 Å². The Hall–Kier alpha value is -1.22. The van der Waals surface area contributed by atoms with Crippen molar-refractivity contribution in [3.05, 3.63) is 63.6 Å². The van der Waals surface area contributed by atoms with Gasteiger partial charge in [0.2, 0.25) is 0 Å². The molecule has 2 aromatic rings. The molecule has 0 aliphatic rings. The molecule has 0 spiro atoms. The van der Waals surface area contributed by atoms with Crippen LogP contribution in [0.4, 0.5) is 0 Å². The van der Waals surface area contributed by atoms with Crippen LogP contribution in [0.15, 0.2) is 42.5 Å². The summed E-state index contributed by atoms with van der Waals surface area (Å²) in [7, 11) is 0. The highest BCUT2D eigenvalue weighted by Crippen LogP contribution is 2.34. The van der Waals surface area contributed by atoms with Gasteiger partial charge in [-0.05, 0) is 43.3 Å². The number of halogens is 2. The first kappa shape index (κ1) is 16.2. The lowest BCUT2D eigenvalue weighted by Crippen LogP contribution is -2.22. The van der Waals surface area contributed by atoms with E-state index in [2.05, 4.69) is 12.2 Å². The molecular formula is C17H19Cl2NO. The molecule has 2 rings (SSSR count). The molecule has 0 aromatic heterocycles. The van der Waals surface area contributed by atoms with E-state index in [4.69, 9.17) is 27.9 Å². The third-order valence-corrected chi connectivity index (χ3v) is 3.88. The van der Waals surface area contributed by atoms with E-state index in [0.29, 0.717) is 16.7 Å². The molecule has 1 atom stereocenters. The van der Waals surface area contributed by atoms with Crippen molar-refractivity contribution in [2.24, 2.45) is 0 Å². The predicted octanol–water partition coefficient (Wildman–Crippen LogP) is 5.09. The van der Waals surface area contributed by atoms with Gasteiger partial charge >= 0.3 is 0 Å². The van der Waals surface area contributed by atoms with Gasteiger partial charge in [-0.1, -0.05) is 48.3 Å². The van der Waals surface area contributed by atoms with Crippen molar-refractivity contribution in [2.45, 2.75) is 19.9 Å². The van der Waals surface area contributed by atoms with Crippen molar-refractivity contribution in [2.75, 3.05) is 13.2 Å². The summed E-state index contributed by atoms with van der Waals surface area (Å²) in [6, 6.07) is 13.6. The second-order valence-electron chi connectivity index (χ2n) is 4.63. The predicted molar refractivity (Wildman–Crippen MR) is 89.6 cm³/mol. The first-order valence-electron chi connectivity index (χ1n) is 7.07. The van der Waals surface area contributed by atoms with E-state index in [0.717, 1.165) is 23.4 Å². The van der Waals surface area contributed by atoms with Crippen molar-refractivity contribution in [1.82, 2.24) is 5.32 Å². The van der Waals surface area contributed by atoms with Crippen LogP contribution in [0.25, 0.3) is 0 Å². The van der Waals surface area contributed by atoms with E-state index < -0.39 is 0 Å². The van der Waals surface area contributed by atoms with Crippen LogP contribution in [-0.4, -0.2) is 13.2 Å². The SMILES string of the molecule is CCNC(c1ccc(OCC)cc1)c1c(Cl)cccc1Cl. The van der Waals surface area contributed by atoms with Crippen molar-refractivity contribution >= 4 is 23.2 Å². The maximum atomic E-state index is 6.34. The van der Waals surface area contributed by atoms with Crippen LogP contribution in [0.2, 0.25) is 10.0 Å². The topological polar surface area (TPSA) is 21.3 Å². The van der Waals surface area contributed by atoms with Crippen LogP contribution in [0, 0.1) is 0 Å². The Morgan fingerprint density at radius 2 is 1.62 bits per heavy atom. The summed E-state index contributed by atoms with van der Waals surface area (Å²) < 4.78 is 5.48. The Morgan fingerprint density at radius 1 is 1.00 bits per heavy atom. The number of hydrogen-bond donors (Lipinski definition) is 1. The van der Waals surface area contributed by atoms with E-state index in [1.54, 1.807) is 0 Å². The standard InChI is InChI=1S/C17H19Cl2NO/c1-3-20-17(16-14(18)6-5-7-15(16)19)12-8-10-13(11-9-12)21-4-2/h5-11,17,20H,3-4H2,1-2H3. The first-order valence-corrected chi connectivity index (χ1v) is 7.83. The molecule has 0 fully saturated rings. The summed E-state index contributed by atoms with van der Waals surface area (Å²) in [6.07, 6.45) is 0. The summed E-state index contributed by atoms with van der Waals surface area (Å²) >= 11 is 12.7. The smallest absolute Gasteiger partial charge is 0.119 e. The minimum atomic E-state index is -0.0353. The van der Waals surface area contributed by atoms with Crippen LogP contribution in [0.1, 0.15) is 31.0 Å². The van der Waals surface area contributed by atoms with Crippen LogP contribution in [0.3, 0.4) is 0 Å². The van der Waals surface area contributed by atoms with Gasteiger partial charge in [-0.15, -0.1) is 0 Å². The number of benzene rings is 2. The van der Waals surface area contributed by atoms with Gasteiger partial charge < -0.3 is 10.1 Å². The quantitative estimate of drug-likeness (QED) is 0.799. The largest absolute Gasteiger partial charge is 0.494 e. The van der Waals surface area contributed by atoms with E-state index in [-0.39, 0.29) is 6.04 Å². The highest BCUT2D eigenvalue weighted by atomic mass is 35.5. The fraction of sp³-hybridized carbons (Fsp3) is 0.294. The number of nitrogens with one attached hydrogen (secondary N) is 1. The van der Waals surface area contributed by atoms with Crippen LogP contribution in [0.5, 0.6) is 5.75 Å². The molecule has 0 amide bonds. The van der Waals surface area contributed by atoms with E-state index in [9.17, 15) is 0 Å². The van der Waals surface area contributed by atoms with E-state index in [1.165, 1.54) is 0 Å². The van der Waals surface area contributed by atoms with E-state index >= 15 is 0 Å². The molecule has 2 aromatic carbocycles. The van der Waals surface area contributed by atoms with Gasteiger partial charge in [0.25, 0.3) is 0 Å². The monoisotopic (exact) mass is 323 g/mol. The number of ether oxygens (including phenoxy) is 1. The lowest BCUT2D eigenvalue weighted by atomic mass is 9.98. The molecular weight excluding hydrogens is 305 g/mol. The van der Waals surface area contributed by atoms with Crippen LogP contribution < -0.4 is 10.1 Å². The zero-order chi connectivity index (χ0) is 15.2. The Morgan fingerprint density at radius 3 is 2.14 bits per heavy atom. The fourth-order valence-corrected chi connectivity index (χ4v) is 2.92. The minimum absolute atomic E-state index is 0.0353. The summed E-state index contributed by atoms with van der Waals surface area (Å²) in [4.78, 5) is 0. The second-order valence-corrected chi connectivity index (χ2v) is 5.44. The minimum Gasteiger partial charge on any atom is -0.494 e. The Balaban J connectivity index is 2.38. The highest BCUT2D eigenvalue weighted by molar-refractivity contribution is 6.36. The Bertz CT molecular complexity index is 564. The van der Waals surface area contributed by atoms with Crippen molar-refractivity contribution < 1.29 is 4.74 Å². The average Bonchev–Trinajstić information content (AvgIpc) is 2.47. The Kier molecular flexibility index (Phi) is 5.92. The van der Waals surface area contributed by atoms with Gasteiger partial charge in [-0.25, -0.2) is 0 Å². The van der Waals surface area contributed by atoms with Crippen molar-refractivity contribution in [1.29, 1.82) is 0 Å². The molecule has 1 N–H and O–H groups in total. The normalized spacial score (nSPS) is 12.2. The average molecular weight is 324 g/mol. The molecule has 2 nitrogen and oxygen atoms in total. The van der Waals surface area contributed by atoms with Gasteiger partial charge in [0, 0.05) is 15.6 Å². The molecule has 21 heavy (non-hydrogen) atoms. The molecule has 1 unspecified atom stereocenters. The molecule has 0 saturated carbocycles. The third kappa shape index (κ3) is 3.91. The zero-order valence-corrected chi connectivity index (χ0v) is 13.7. The third-order valence-electron chi connectivity index (χ3n) is 3.22. The molecule has 0 saturated heterocycles. The van der Waals surface area contributed by atoms with E-state index in [1.807, 2.05) is 49.4 Å². The van der Waals surface area contributed by atoms with Crippen molar-refractivity contribution in [3.8, 4) is 5.75 Å². The molecule has 0 heterocycles. The summed E-state index contributed by atoms with van der Waals surface area (Å²) in [5.41, 5.74) is 2.02. The lowest BCUT2D eigenvalue weighted by Gasteiger charge is -2.21. The summed E-state index contributed by atoms with van der Waals surface area (Å²) in [6.45, 7) is 5.51. The fourth-order valence-electron chi connectivity index (χ4n) is 2.30. The van der Waals surface area contributed by atoms with Gasteiger partial charge in [0.15, 0.2) is 0 Å². The number of rotatable bonds is 6. The Labute approximate surface area is 136 Å². The molecule has 0 aliphatic heterocycles.